The van der Waals surface area contributed by atoms with E-state index in [1.54, 1.807) is 22.9 Å². The number of ether oxygens (including phenoxy) is 2. The third kappa shape index (κ3) is 4.73. The van der Waals surface area contributed by atoms with Crippen molar-refractivity contribution in [1.29, 1.82) is 0 Å². The van der Waals surface area contributed by atoms with Gasteiger partial charge in [0.05, 0.1) is 24.5 Å². The summed E-state index contributed by atoms with van der Waals surface area (Å²) in [7, 11) is 1.53. The molecule has 0 saturated carbocycles. The van der Waals surface area contributed by atoms with E-state index in [0.29, 0.717) is 39.7 Å². The van der Waals surface area contributed by atoms with Crippen LogP contribution in [0.2, 0.25) is 5.02 Å². The molecule has 3 rings (SSSR count). The highest BCUT2D eigenvalue weighted by Gasteiger charge is 2.15. The Hall–Kier alpha value is -2.78. The molecule has 0 unspecified atom stereocenters. The Balaban J connectivity index is 1.67. The number of carbonyl (C=O) groups is 1. The zero-order valence-corrected chi connectivity index (χ0v) is 16.8. The Bertz CT molecular complexity index is 966. The molecule has 10 heteroatoms. The van der Waals surface area contributed by atoms with Crippen LogP contribution in [0.15, 0.2) is 47.6 Å². The van der Waals surface area contributed by atoms with Gasteiger partial charge < -0.3 is 14.8 Å². The summed E-state index contributed by atoms with van der Waals surface area (Å²) in [5.74, 6) is 1.12. The van der Waals surface area contributed by atoms with Gasteiger partial charge in [0.15, 0.2) is 0 Å². The van der Waals surface area contributed by atoms with Gasteiger partial charge in [-0.3, -0.25) is 4.79 Å². The van der Waals surface area contributed by atoms with E-state index in [1.165, 1.54) is 18.9 Å². The van der Waals surface area contributed by atoms with Gasteiger partial charge in [-0.2, -0.15) is 4.68 Å². The molecule has 2 aromatic carbocycles. The molecule has 0 atom stereocenters. The number of carbonyl (C=O) groups excluding carboxylic acids is 1. The number of aromatic nitrogens is 4. The highest BCUT2D eigenvalue weighted by Crippen LogP contribution is 2.28. The molecular formula is C18H18ClN5O3S. The van der Waals surface area contributed by atoms with Crippen LogP contribution >= 0.6 is 23.4 Å². The lowest BCUT2D eigenvalue weighted by atomic mass is 10.3. The number of halogens is 1. The number of hydrogen-bond donors (Lipinski definition) is 1. The van der Waals surface area contributed by atoms with Crippen molar-refractivity contribution in [3.8, 4) is 17.2 Å². The standard InChI is InChI=1S/C18H18ClN5O3S/c1-3-27-16-7-5-4-6-14(16)24-18(21-22-23-24)28-11-17(25)20-12-8-9-15(26-2)13(19)10-12/h4-10H,3,11H2,1-2H3,(H,20,25). The molecule has 1 heterocycles. The van der Waals surface area contributed by atoms with E-state index >= 15 is 0 Å². The van der Waals surface area contributed by atoms with Crippen molar-refractivity contribution in [2.24, 2.45) is 0 Å². The van der Waals surface area contributed by atoms with Crippen LogP contribution in [0.1, 0.15) is 6.92 Å². The quantitative estimate of drug-likeness (QED) is 0.559. The normalized spacial score (nSPS) is 10.5. The summed E-state index contributed by atoms with van der Waals surface area (Å²) in [4.78, 5) is 12.3. The number of tetrazole rings is 1. The van der Waals surface area contributed by atoms with Crippen molar-refractivity contribution in [2.75, 3.05) is 24.8 Å². The first kappa shape index (κ1) is 20.0. The molecule has 1 amide bonds. The summed E-state index contributed by atoms with van der Waals surface area (Å²) < 4.78 is 12.3. The minimum absolute atomic E-state index is 0.126. The molecule has 0 saturated heterocycles. The zero-order valence-electron chi connectivity index (χ0n) is 15.3. The van der Waals surface area contributed by atoms with Crippen molar-refractivity contribution in [3.63, 3.8) is 0 Å². The van der Waals surface area contributed by atoms with Crippen LogP contribution in [0, 0.1) is 0 Å². The topological polar surface area (TPSA) is 91.2 Å². The molecule has 1 N–H and O–H groups in total. The first-order chi connectivity index (χ1) is 13.6. The van der Waals surface area contributed by atoms with E-state index < -0.39 is 0 Å². The highest BCUT2D eigenvalue weighted by molar-refractivity contribution is 7.99. The van der Waals surface area contributed by atoms with E-state index in [1.807, 2.05) is 31.2 Å². The number of para-hydroxylation sites is 2. The number of methoxy groups -OCH3 is 1. The molecule has 28 heavy (non-hydrogen) atoms. The van der Waals surface area contributed by atoms with Gasteiger partial charge >= 0.3 is 0 Å². The first-order valence-corrected chi connectivity index (χ1v) is 9.75. The van der Waals surface area contributed by atoms with Crippen molar-refractivity contribution in [3.05, 3.63) is 47.5 Å². The number of nitrogens with zero attached hydrogens (tertiary/aromatic N) is 4. The van der Waals surface area contributed by atoms with E-state index in [9.17, 15) is 4.79 Å². The number of rotatable bonds is 8. The van der Waals surface area contributed by atoms with Crippen molar-refractivity contribution >= 4 is 35.0 Å². The lowest BCUT2D eigenvalue weighted by Gasteiger charge is -2.10. The van der Waals surface area contributed by atoms with Crippen molar-refractivity contribution in [2.45, 2.75) is 12.1 Å². The third-order valence-corrected chi connectivity index (χ3v) is 4.82. The maximum atomic E-state index is 12.3. The van der Waals surface area contributed by atoms with Gasteiger partial charge in [-0.25, -0.2) is 0 Å². The number of amides is 1. The van der Waals surface area contributed by atoms with Crippen LogP contribution in [0.3, 0.4) is 0 Å². The molecule has 0 aliphatic rings. The predicted octanol–water partition coefficient (Wildman–Crippen LogP) is 3.45. The Labute approximate surface area is 171 Å². The molecular weight excluding hydrogens is 402 g/mol. The van der Waals surface area contributed by atoms with Gasteiger partial charge in [0.2, 0.25) is 11.1 Å². The van der Waals surface area contributed by atoms with Gasteiger partial charge in [0.25, 0.3) is 0 Å². The molecule has 146 valence electrons. The Morgan fingerprint density at radius 2 is 2.07 bits per heavy atom. The van der Waals surface area contributed by atoms with Crippen LogP contribution in [0.4, 0.5) is 5.69 Å². The summed E-state index contributed by atoms with van der Waals surface area (Å²) in [6, 6.07) is 12.5. The average Bonchev–Trinajstić information content (AvgIpc) is 3.16. The minimum atomic E-state index is -0.209. The third-order valence-electron chi connectivity index (χ3n) is 3.60. The number of anilines is 1. The largest absolute Gasteiger partial charge is 0.495 e. The second-order valence-electron chi connectivity index (χ2n) is 5.46. The molecule has 0 fully saturated rings. The number of nitrogens with one attached hydrogen (secondary N) is 1. The van der Waals surface area contributed by atoms with Crippen LogP contribution in [0.25, 0.3) is 5.69 Å². The highest BCUT2D eigenvalue weighted by atomic mass is 35.5. The molecule has 0 radical (unpaired) electrons. The smallest absolute Gasteiger partial charge is 0.234 e. The van der Waals surface area contributed by atoms with Gasteiger partial charge in [-0.15, -0.1) is 5.10 Å². The summed E-state index contributed by atoms with van der Waals surface area (Å²) in [6.45, 7) is 2.43. The molecule has 0 aliphatic carbocycles. The second-order valence-corrected chi connectivity index (χ2v) is 6.81. The maximum absolute atomic E-state index is 12.3. The molecule has 0 aliphatic heterocycles. The second kappa shape index (κ2) is 9.43. The fourth-order valence-corrected chi connectivity index (χ4v) is 3.34. The maximum Gasteiger partial charge on any atom is 0.234 e. The first-order valence-electron chi connectivity index (χ1n) is 8.39. The van der Waals surface area contributed by atoms with Crippen LogP contribution in [-0.4, -0.2) is 45.6 Å². The van der Waals surface area contributed by atoms with Crippen LogP contribution < -0.4 is 14.8 Å². The molecule has 0 bridgehead atoms. The number of benzene rings is 2. The number of hydrogen-bond acceptors (Lipinski definition) is 7. The molecule has 1 aromatic heterocycles. The van der Waals surface area contributed by atoms with Crippen molar-refractivity contribution in [1.82, 2.24) is 20.2 Å². The van der Waals surface area contributed by atoms with Crippen molar-refractivity contribution < 1.29 is 14.3 Å². The lowest BCUT2D eigenvalue weighted by Crippen LogP contribution is -2.14. The Kier molecular flexibility index (Phi) is 6.72. The Morgan fingerprint density at radius 3 is 2.82 bits per heavy atom. The summed E-state index contributed by atoms with van der Waals surface area (Å²) in [6.07, 6.45) is 0. The Morgan fingerprint density at radius 1 is 1.25 bits per heavy atom. The van der Waals surface area contributed by atoms with Gasteiger partial charge in [0, 0.05) is 5.69 Å². The minimum Gasteiger partial charge on any atom is -0.495 e. The van der Waals surface area contributed by atoms with E-state index in [4.69, 9.17) is 21.1 Å². The van der Waals surface area contributed by atoms with Gasteiger partial charge in [0.1, 0.15) is 17.2 Å². The molecule has 3 aromatic rings. The summed E-state index contributed by atoms with van der Waals surface area (Å²) >= 11 is 7.29. The fraction of sp³-hybridized carbons (Fsp3) is 0.222. The number of thioether (sulfide) groups is 1. The van der Waals surface area contributed by atoms with Crippen LogP contribution in [-0.2, 0) is 4.79 Å². The predicted molar refractivity (Wildman–Crippen MR) is 108 cm³/mol. The fourth-order valence-electron chi connectivity index (χ4n) is 2.40. The van der Waals surface area contributed by atoms with E-state index in [-0.39, 0.29) is 11.7 Å². The van der Waals surface area contributed by atoms with Gasteiger partial charge in [-0.1, -0.05) is 35.5 Å². The zero-order chi connectivity index (χ0) is 19.9. The molecule has 0 spiro atoms. The van der Waals surface area contributed by atoms with E-state index in [0.717, 1.165) is 0 Å². The summed E-state index contributed by atoms with van der Waals surface area (Å²) in [5, 5.41) is 15.4. The van der Waals surface area contributed by atoms with E-state index in [2.05, 4.69) is 20.8 Å². The van der Waals surface area contributed by atoms with Crippen LogP contribution in [0.5, 0.6) is 11.5 Å². The summed E-state index contributed by atoms with van der Waals surface area (Å²) in [5.41, 5.74) is 1.29. The lowest BCUT2D eigenvalue weighted by molar-refractivity contribution is -0.113. The van der Waals surface area contributed by atoms with Gasteiger partial charge in [-0.05, 0) is 47.7 Å². The average molecular weight is 420 g/mol. The molecule has 8 nitrogen and oxygen atoms in total. The monoisotopic (exact) mass is 419 g/mol. The SMILES string of the molecule is CCOc1ccccc1-n1nnnc1SCC(=O)Nc1ccc(OC)c(Cl)c1.